The van der Waals surface area contributed by atoms with Crippen molar-refractivity contribution < 1.29 is 9.84 Å². The molecule has 0 bridgehead atoms. The van der Waals surface area contributed by atoms with Crippen molar-refractivity contribution in [2.75, 3.05) is 6.61 Å². The quantitative estimate of drug-likeness (QED) is 0.758. The van der Waals surface area contributed by atoms with Crippen molar-refractivity contribution in [1.29, 1.82) is 0 Å². The van der Waals surface area contributed by atoms with Gasteiger partial charge >= 0.3 is 0 Å². The van der Waals surface area contributed by atoms with E-state index in [1.54, 1.807) is 0 Å². The lowest BCUT2D eigenvalue weighted by Gasteiger charge is -2.25. The Morgan fingerprint density at radius 2 is 1.95 bits per heavy atom. The number of benzene rings is 1. The Hall–Kier alpha value is -1.06. The Balaban J connectivity index is 1.94. The maximum atomic E-state index is 10.3. The van der Waals surface area contributed by atoms with E-state index in [4.69, 9.17) is 4.74 Å². The maximum absolute atomic E-state index is 10.3. The summed E-state index contributed by atoms with van der Waals surface area (Å²) in [5, 5.41) is 13.8. The molecule has 1 fully saturated rings. The highest BCUT2D eigenvalue weighted by Gasteiger charge is 2.24. The molecule has 1 aromatic carbocycles. The fourth-order valence-electron chi connectivity index (χ4n) is 2.00. The van der Waals surface area contributed by atoms with Crippen LogP contribution in [0, 0.1) is 0 Å². The van der Waals surface area contributed by atoms with Crippen molar-refractivity contribution in [2.45, 2.75) is 57.7 Å². The van der Waals surface area contributed by atoms with Crippen molar-refractivity contribution in [3.63, 3.8) is 0 Å². The number of nitrogens with one attached hydrogen (secondary N) is 1. The second-order valence-electron chi connectivity index (χ2n) is 5.48. The molecular weight excluding hydrogens is 238 g/mol. The van der Waals surface area contributed by atoms with Crippen LogP contribution in [0.4, 0.5) is 0 Å². The van der Waals surface area contributed by atoms with Gasteiger partial charge in [-0.05, 0) is 31.7 Å². The third-order valence-corrected chi connectivity index (χ3v) is 3.94. The van der Waals surface area contributed by atoms with E-state index in [2.05, 4.69) is 11.4 Å². The molecule has 3 nitrogen and oxygen atoms in total. The highest BCUT2D eigenvalue weighted by atomic mass is 16.5. The molecule has 0 unspecified atom stereocenters. The Bertz CT molecular complexity index is 397. The van der Waals surface area contributed by atoms with Gasteiger partial charge in [0.1, 0.15) is 12.4 Å². The molecule has 0 spiro atoms. The molecule has 0 radical (unpaired) electrons. The normalized spacial score (nSPS) is 15.5. The molecule has 0 atom stereocenters. The monoisotopic (exact) mass is 263 g/mol. The molecule has 1 saturated carbocycles. The molecule has 0 aliphatic heterocycles. The summed E-state index contributed by atoms with van der Waals surface area (Å²) in [5.41, 5.74) is 0.459. The zero-order valence-corrected chi connectivity index (χ0v) is 12.0. The van der Waals surface area contributed by atoms with E-state index >= 15 is 0 Å². The summed E-state index contributed by atoms with van der Waals surface area (Å²) in [5.74, 6) is 0.885. The Morgan fingerprint density at radius 3 is 2.58 bits per heavy atom. The summed E-state index contributed by atoms with van der Waals surface area (Å²) in [4.78, 5) is 0. The number of hydrogen-bond acceptors (Lipinski definition) is 3. The van der Waals surface area contributed by atoms with Crippen molar-refractivity contribution in [1.82, 2.24) is 5.32 Å². The maximum Gasteiger partial charge on any atom is 0.123 e. The molecule has 0 amide bonds. The van der Waals surface area contributed by atoms with Crippen LogP contribution in [0.15, 0.2) is 24.3 Å². The van der Waals surface area contributed by atoms with E-state index in [1.807, 2.05) is 32.0 Å². The molecule has 2 N–H and O–H groups in total. The van der Waals surface area contributed by atoms with Gasteiger partial charge in [0.05, 0.1) is 5.60 Å². The lowest BCUT2D eigenvalue weighted by molar-refractivity contribution is -0.0116. The zero-order valence-electron chi connectivity index (χ0n) is 12.0. The molecule has 1 aromatic rings. The summed E-state index contributed by atoms with van der Waals surface area (Å²) in [6.45, 7) is 5.19. The van der Waals surface area contributed by atoms with E-state index < -0.39 is 5.60 Å². The van der Waals surface area contributed by atoms with E-state index in [0.717, 1.165) is 12.3 Å². The van der Waals surface area contributed by atoms with Crippen molar-refractivity contribution in [3.8, 4) is 5.75 Å². The van der Waals surface area contributed by atoms with Gasteiger partial charge in [0.2, 0.25) is 0 Å². The average molecular weight is 263 g/mol. The largest absolute Gasteiger partial charge is 0.490 e. The summed E-state index contributed by atoms with van der Waals surface area (Å²) in [6, 6.07) is 8.77. The number of para-hydroxylation sites is 1. The fourth-order valence-corrected chi connectivity index (χ4v) is 2.00. The van der Waals surface area contributed by atoms with Gasteiger partial charge in [-0.2, -0.15) is 0 Å². The molecule has 19 heavy (non-hydrogen) atoms. The van der Waals surface area contributed by atoms with Crippen LogP contribution < -0.4 is 10.1 Å². The molecule has 3 heteroatoms. The van der Waals surface area contributed by atoms with Crippen LogP contribution in [0.25, 0.3) is 0 Å². The lowest BCUT2D eigenvalue weighted by atomic mass is 9.99. The van der Waals surface area contributed by atoms with Crippen LogP contribution in [-0.4, -0.2) is 23.4 Å². The predicted octanol–water partition coefficient (Wildman–Crippen LogP) is 2.87. The highest BCUT2D eigenvalue weighted by Crippen LogP contribution is 2.24. The van der Waals surface area contributed by atoms with Crippen molar-refractivity contribution in [2.24, 2.45) is 0 Å². The van der Waals surface area contributed by atoms with Crippen LogP contribution in [0.1, 0.15) is 45.1 Å². The van der Waals surface area contributed by atoms with Crippen LogP contribution in [0.5, 0.6) is 5.75 Å². The first-order chi connectivity index (χ1) is 9.17. The lowest BCUT2D eigenvalue weighted by Crippen LogP contribution is -2.34. The second-order valence-corrected chi connectivity index (χ2v) is 5.48. The van der Waals surface area contributed by atoms with Crippen molar-refractivity contribution >= 4 is 0 Å². The molecule has 0 aromatic heterocycles. The van der Waals surface area contributed by atoms with E-state index in [-0.39, 0.29) is 0 Å². The SMILES string of the molecule is CCC(O)(CC)COc1ccccc1CNC1CC1. The first-order valence-electron chi connectivity index (χ1n) is 7.33. The first-order valence-corrected chi connectivity index (χ1v) is 7.33. The van der Waals surface area contributed by atoms with Crippen LogP contribution in [0.3, 0.4) is 0 Å². The second kappa shape index (κ2) is 6.40. The topological polar surface area (TPSA) is 41.5 Å². The van der Waals surface area contributed by atoms with Crippen LogP contribution in [0.2, 0.25) is 0 Å². The van der Waals surface area contributed by atoms with Crippen LogP contribution in [-0.2, 0) is 6.54 Å². The van der Waals surface area contributed by atoms with E-state index in [0.29, 0.717) is 25.5 Å². The Labute approximate surface area is 116 Å². The van der Waals surface area contributed by atoms with Gasteiger partial charge in [-0.1, -0.05) is 32.0 Å². The third kappa shape index (κ3) is 4.22. The number of rotatable bonds is 8. The third-order valence-electron chi connectivity index (χ3n) is 3.94. The minimum atomic E-state index is -0.711. The van der Waals surface area contributed by atoms with Gasteiger partial charge < -0.3 is 15.2 Å². The smallest absolute Gasteiger partial charge is 0.123 e. The van der Waals surface area contributed by atoms with Gasteiger partial charge in [0.15, 0.2) is 0 Å². The number of ether oxygens (including phenoxy) is 1. The van der Waals surface area contributed by atoms with Crippen molar-refractivity contribution in [3.05, 3.63) is 29.8 Å². The molecule has 0 heterocycles. The molecule has 106 valence electrons. The van der Waals surface area contributed by atoms with Gasteiger partial charge in [-0.3, -0.25) is 0 Å². The summed E-state index contributed by atoms with van der Waals surface area (Å²) in [7, 11) is 0. The Kier molecular flexibility index (Phi) is 4.83. The molecule has 0 saturated heterocycles. The molecular formula is C16H25NO2. The van der Waals surface area contributed by atoms with Gasteiger partial charge in [-0.25, -0.2) is 0 Å². The predicted molar refractivity (Wildman–Crippen MR) is 77.3 cm³/mol. The summed E-state index contributed by atoms with van der Waals surface area (Å²) < 4.78 is 5.85. The molecule has 1 aliphatic rings. The van der Waals surface area contributed by atoms with E-state index in [9.17, 15) is 5.11 Å². The minimum absolute atomic E-state index is 0.362. The van der Waals surface area contributed by atoms with Gasteiger partial charge in [0.25, 0.3) is 0 Å². The van der Waals surface area contributed by atoms with Gasteiger partial charge in [-0.15, -0.1) is 0 Å². The number of hydrogen-bond donors (Lipinski definition) is 2. The molecule has 2 rings (SSSR count). The van der Waals surface area contributed by atoms with E-state index in [1.165, 1.54) is 18.4 Å². The standard InChI is InChI=1S/C16H25NO2/c1-3-16(18,4-2)12-19-15-8-6-5-7-13(15)11-17-14-9-10-14/h5-8,14,17-18H,3-4,9-12H2,1-2H3. The fraction of sp³-hybridized carbons (Fsp3) is 0.625. The average Bonchev–Trinajstić information content (AvgIpc) is 3.27. The summed E-state index contributed by atoms with van der Waals surface area (Å²) in [6.07, 6.45) is 4.00. The zero-order chi connectivity index (χ0) is 13.7. The Morgan fingerprint density at radius 1 is 1.26 bits per heavy atom. The minimum Gasteiger partial charge on any atom is -0.490 e. The summed E-state index contributed by atoms with van der Waals surface area (Å²) >= 11 is 0. The molecule has 1 aliphatic carbocycles. The van der Waals surface area contributed by atoms with Crippen LogP contribution >= 0.6 is 0 Å². The number of aliphatic hydroxyl groups is 1. The first kappa shape index (κ1) is 14.4. The van der Waals surface area contributed by atoms with Gasteiger partial charge in [0, 0.05) is 18.2 Å². The highest BCUT2D eigenvalue weighted by molar-refractivity contribution is 5.33.